The fourth-order valence-electron chi connectivity index (χ4n) is 1.63. The number of hydrogen-bond acceptors (Lipinski definition) is 3. The zero-order chi connectivity index (χ0) is 12.0. The zero-order valence-electron chi connectivity index (χ0n) is 9.89. The van der Waals surface area contributed by atoms with E-state index in [0.29, 0.717) is 12.8 Å². The third kappa shape index (κ3) is 5.26. The molecule has 3 heteroatoms. The lowest BCUT2D eigenvalue weighted by Gasteiger charge is -2.26. The molecule has 1 aromatic rings. The Labute approximate surface area is 96.7 Å². The van der Waals surface area contributed by atoms with E-state index < -0.39 is 5.79 Å². The van der Waals surface area contributed by atoms with Crippen LogP contribution in [0.25, 0.3) is 0 Å². The molecular formula is C13H20O3. The first-order valence-electron chi connectivity index (χ1n) is 5.56. The Morgan fingerprint density at radius 2 is 1.88 bits per heavy atom. The summed E-state index contributed by atoms with van der Waals surface area (Å²) in [7, 11) is 0. The first-order valence-corrected chi connectivity index (χ1v) is 5.56. The molecule has 16 heavy (non-hydrogen) atoms. The molecule has 0 aliphatic carbocycles. The van der Waals surface area contributed by atoms with E-state index in [1.54, 1.807) is 13.8 Å². The smallest absolute Gasteiger partial charge is 0.160 e. The van der Waals surface area contributed by atoms with Gasteiger partial charge in [0.05, 0.1) is 6.10 Å². The molecule has 1 atom stereocenters. The molecule has 2 N–H and O–H groups in total. The predicted molar refractivity (Wildman–Crippen MR) is 63.0 cm³/mol. The molecule has 0 fully saturated rings. The second-order valence-electron chi connectivity index (χ2n) is 4.39. The van der Waals surface area contributed by atoms with Crippen molar-refractivity contribution in [1.29, 1.82) is 0 Å². The molecule has 90 valence electrons. The quantitative estimate of drug-likeness (QED) is 0.723. The molecule has 1 unspecified atom stereocenters. The van der Waals surface area contributed by atoms with Crippen molar-refractivity contribution >= 4 is 0 Å². The van der Waals surface area contributed by atoms with Gasteiger partial charge in [0.25, 0.3) is 0 Å². The minimum absolute atomic E-state index is 0.0631. The largest absolute Gasteiger partial charge is 0.396 e. The molecule has 0 radical (unpaired) electrons. The Morgan fingerprint density at radius 1 is 1.25 bits per heavy atom. The summed E-state index contributed by atoms with van der Waals surface area (Å²) >= 11 is 0. The van der Waals surface area contributed by atoms with Gasteiger partial charge in [0.2, 0.25) is 0 Å². The van der Waals surface area contributed by atoms with Crippen LogP contribution in [0, 0.1) is 0 Å². The molecule has 0 saturated heterocycles. The van der Waals surface area contributed by atoms with Crippen LogP contribution < -0.4 is 0 Å². The molecule has 0 aliphatic heterocycles. The molecule has 0 saturated carbocycles. The number of rotatable bonds is 6. The highest BCUT2D eigenvalue weighted by atomic mass is 16.6. The zero-order valence-corrected chi connectivity index (χ0v) is 9.89. The highest BCUT2D eigenvalue weighted by molar-refractivity contribution is 5.15. The SMILES string of the molecule is CC(C)(O)OC(CCO)Cc1ccccc1. The lowest BCUT2D eigenvalue weighted by atomic mass is 10.1. The van der Waals surface area contributed by atoms with Gasteiger partial charge in [0, 0.05) is 6.61 Å². The lowest BCUT2D eigenvalue weighted by molar-refractivity contribution is -0.207. The van der Waals surface area contributed by atoms with Crippen LogP contribution in [0.4, 0.5) is 0 Å². The predicted octanol–water partition coefficient (Wildman–Crippen LogP) is 1.73. The maximum Gasteiger partial charge on any atom is 0.160 e. The Balaban J connectivity index is 2.58. The van der Waals surface area contributed by atoms with E-state index in [-0.39, 0.29) is 12.7 Å². The standard InChI is InChI=1S/C13H20O3/c1-13(2,15)16-12(8-9-14)10-11-6-4-3-5-7-11/h3-7,12,14-15H,8-10H2,1-2H3. The summed E-state index contributed by atoms with van der Waals surface area (Å²) in [4.78, 5) is 0. The topological polar surface area (TPSA) is 49.7 Å². The maximum absolute atomic E-state index is 9.59. The van der Waals surface area contributed by atoms with Crippen LogP contribution in [-0.4, -0.2) is 28.7 Å². The van der Waals surface area contributed by atoms with Crippen LogP contribution in [0.5, 0.6) is 0 Å². The maximum atomic E-state index is 9.59. The molecule has 0 amide bonds. The van der Waals surface area contributed by atoms with Crippen molar-refractivity contribution < 1.29 is 14.9 Å². The Morgan fingerprint density at radius 3 is 2.38 bits per heavy atom. The minimum atomic E-state index is -1.16. The van der Waals surface area contributed by atoms with Crippen molar-refractivity contribution in [3.05, 3.63) is 35.9 Å². The summed E-state index contributed by atoms with van der Waals surface area (Å²) < 4.78 is 5.48. The van der Waals surface area contributed by atoms with E-state index in [9.17, 15) is 5.11 Å². The Kier molecular flexibility index (Phi) is 4.93. The van der Waals surface area contributed by atoms with Crippen LogP contribution in [0.3, 0.4) is 0 Å². The summed E-state index contributed by atoms with van der Waals surface area (Å²) in [6.45, 7) is 3.26. The fourth-order valence-corrected chi connectivity index (χ4v) is 1.63. The Hall–Kier alpha value is -0.900. The molecule has 1 rings (SSSR count). The number of hydrogen-bond donors (Lipinski definition) is 2. The normalized spacial score (nSPS) is 13.8. The molecule has 0 bridgehead atoms. The van der Waals surface area contributed by atoms with Gasteiger partial charge in [-0.05, 0) is 32.3 Å². The van der Waals surface area contributed by atoms with Gasteiger partial charge >= 0.3 is 0 Å². The van der Waals surface area contributed by atoms with E-state index in [2.05, 4.69) is 0 Å². The first kappa shape index (κ1) is 13.2. The van der Waals surface area contributed by atoms with E-state index in [1.807, 2.05) is 30.3 Å². The van der Waals surface area contributed by atoms with Gasteiger partial charge in [0.1, 0.15) is 0 Å². The van der Waals surface area contributed by atoms with Gasteiger partial charge in [-0.25, -0.2) is 0 Å². The fraction of sp³-hybridized carbons (Fsp3) is 0.538. The van der Waals surface area contributed by atoms with Crippen molar-refractivity contribution in [1.82, 2.24) is 0 Å². The summed E-state index contributed by atoms with van der Waals surface area (Å²) in [5.41, 5.74) is 1.14. The van der Waals surface area contributed by atoms with E-state index in [0.717, 1.165) is 5.56 Å². The van der Waals surface area contributed by atoms with Crippen molar-refractivity contribution in [2.24, 2.45) is 0 Å². The van der Waals surface area contributed by atoms with Crippen LogP contribution in [0.1, 0.15) is 25.8 Å². The second kappa shape index (κ2) is 5.99. The molecule has 3 nitrogen and oxygen atoms in total. The average molecular weight is 224 g/mol. The van der Waals surface area contributed by atoms with Crippen molar-refractivity contribution in [2.75, 3.05) is 6.61 Å². The average Bonchev–Trinajstić information content (AvgIpc) is 2.17. The number of aliphatic hydroxyl groups is 2. The molecule has 1 aromatic carbocycles. The van der Waals surface area contributed by atoms with Gasteiger partial charge in [-0.3, -0.25) is 0 Å². The first-order chi connectivity index (χ1) is 7.51. The number of ether oxygens (including phenoxy) is 1. The summed E-state index contributed by atoms with van der Waals surface area (Å²) in [6.07, 6.45) is 1.07. The second-order valence-corrected chi connectivity index (χ2v) is 4.39. The van der Waals surface area contributed by atoms with Crippen LogP contribution >= 0.6 is 0 Å². The summed E-state index contributed by atoms with van der Waals surface area (Å²) in [5, 5.41) is 18.5. The van der Waals surface area contributed by atoms with Gasteiger partial charge < -0.3 is 14.9 Å². The Bertz CT molecular complexity index is 290. The van der Waals surface area contributed by atoms with Crippen LogP contribution in [-0.2, 0) is 11.2 Å². The molecule has 0 aromatic heterocycles. The highest BCUT2D eigenvalue weighted by Gasteiger charge is 2.20. The summed E-state index contributed by atoms with van der Waals surface area (Å²) in [6, 6.07) is 9.92. The van der Waals surface area contributed by atoms with Gasteiger partial charge in [-0.15, -0.1) is 0 Å². The van der Waals surface area contributed by atoms with Gasteiger partial charge in [0.15, 0.2) is 5.79 Å². The highest BCUT2D eigenvalue weighted by Crippen LogP contribution is 2.15. The molecule has 0 spiro atoms. The van der Waals surface area contributed by atoms with E-state index in [1.165, 1.54) is 0 Å². The summed E-state index contributed by atoms with van der Waals surface area (Å²) in [5.74, 6) is -1.16. The van der Waals surface area contributed by atoms with Gasteiger partial charge in [-0.2, -0.15) is 0 Å². The van der Waals surface area contributed by atoms with E-state index in [4.69, 9.17) is 9.84 Å². The number of benzene rings is 1. The number of aliphatic hydroxyl groups excluding tert-OH is 1. The monoisotopic (exact) mass is 224 g/mol. The van der Waals surface area contributed by atoms with Crippen molar-refractivity contribution in [2.45, 2.75) is 38.6 Å². The third-order valence-electron chi connectivity index (χ3n) is 2.21. The van der Waals surface area contributed by atoms with Crippen molar-refractivity contribution in [3.8, 4) is 0 Å². The van der Waals surface area contributed by atoms with E-state index >= 15 is 0 Å². The third-order valence-corrected chi connectivity index (χ3v) is 2.21. The van der Waals surface area contributed by atoms with Crippen molar-refractivity contribution in [3.63, 3.8) is 0 Å². The molecule has 0 heterocycles. The van der Waals surface area contributed by atoms with Crippen LogP contribution in [0.15, 0.2) is 30.3 Å². The molecule has 0 aliphatic rings. The molecular weight excluding hydrogens is 204 g/mol. The minimum Gasteiger partial charge on any atom is -0.396 e. The lowest BCUT2D eigenvalue weighted by Crippen LogP contribution is -2.32. The van der Waals surface area contributed by atoms with Crippen LogP contribution in [0.2, 0.25) is 0 Å². The van der Waals surface area contributed by atoms with Gasteiger partial charge in [-0.1, -0.05) is 30.3 Å².